The number of nitrogens with one attached hydrogen (secondary N) is 1. The summed E-state index contributed by atoms with van der Waals surface area (Å²) in [4.78, 5) is 30.0. The predicted octanol–water partition coefficient (Wildman–Crippen LogP) is 3.65. The van der Waals surface area contributed by atoms with Crippen LogP contribution in [-0.4, -0.2) is 35.4 Å². The van der Waals surface area contributed by atoms with Crippen LogP contribution in [0.5, 0.6) is 0 Å². The van der Waals surface area contributed by atoms with Gasteiger partial charge in [-0.2, -0.15) is 13.2 Å². The van der Waals surface area contributed by atoms with Crippen molar-refractivity contribution in [1.29, 1.82) is 0 Å². The zero-order valence-electron chi connectivity index (χ0n) is 15.3. The van der Waals surface area contributed by atoms with Crippen molar-refractivity contribution in [2.75, 3.05) is 23.3 Å². The summed E-state index contributed by atoms with van der Waals surface area (Å²) in [7, 11) is 0. The first kappa shape index (κ1) is 21.0. The second kappa shape index (κ2) is 8.73. The van der Waals surface area contributed by atoms with Crippen molar-refractivity contribution in [2.24, 2.45) is 11.7 Å². The van der Waals surface area contributed by atoms with Gasteiger partial charge in [0, 0.05) is 23.5 Å². The van der Waals surface area contributed by atoms with Gasteiger partial charge in [-0.15, -0.1) is 0 Å². The number of hydrogen-bond donors (Lipinski definition) is 2. The van der Waals surface area contributed by atoms with Crippen LogP contribution in [0.3, 0.4) is 0 Å². The number of pyridine rings is 1. The maximum Gasteiger partial charge on any atom is 0.446 e. The highest BCUT2D eigenvalue weighted by molar-refractivity contribution is 8.00. The van der Waals surface area contributed by atoms with E-state index < -0.39 is 11.4 Å². The van der Waals surface area contributed by atoms with E-state index in [4.69, 9.17) is 5.73 Å². The summed E-state index contributed by atoms with van der Waals surface area (Å²) in [6.07, 6.45) is 3.10. The van der Waals surface area contributed by atoms with Gasteiger partial charge in [-0.05, 0) is 61.0 Å². The predicted molar refractivity (Wildman–Crippen MR) is 105 cm³/mol. The van der Waals surface area contributed by atoms with E-state index in [9.17, 15) is 22.8 Å². The average molecular weight is 424 g/mol. The van der Waals surface area contributed by atoms with Crippen molar-refractivity contribution >= 4 is 35.1 Å². The first-order valence-corrected chi connectivity index (χ1v) is 9.70. The number of nitrogens with zero attached hydrogens (tertiary/aromatic N) is 2. The molecule has 1 aromatic heterocycles. The molecule has 1 unspecified atom stereocenters. The second-order valence-corrected chi connectivity index (χ2v) is 7.76. The summed E-state index contributed by atoms with van der Waals surface area (Å²) in [6, 6.07) is 8.59. The monoisotopic (exact) mass is 424 g/mol. The third-order valence-corrected chi connectivity index (χ3v) is 5.24. The second-order valence-electron chi connectivity index (χ2n) is 6.62. The molecule has 0 aliphatic carbocycles. The number of carbonyl (C=O) groups excluding carboxylic acids is 2. The summed E-state index contributed by atoms with van der Waals surface area (Å²) in [5.74, 6) is -0.293. The van der Waals surface area contributed by atoms with Crippen LogP contribution in [0.2, 0.25) is 0 Å². The van der Waals surface area contributed by atoms with Crippen LogP contribution in [0.15, 0.2) is 47.5 Å². The third kappa shape index (κ3) is 5.86. The van der Waals surface area contributed by atoms with Crippen LogP contribution in [-0.2, 0) is 4.79 Å². The molecule has 29 heavy (non-hydrogen) atoms. The minimum absolute atomic E-state index is 0.0101. The highest BCUT2D eigenvalue weighted by Crippen LogP contribution is 2.36. The molecular formula is C19H19F3N4O2S. The number of benzene rings is 1. The SMILES string of the molecule is NC(=O)C1CCCN(c2ccc(NC(=O)c3ccc(SC(F)(F)F)cc3)cn2)C1. The van der Waals surface area contributed by atoms with Crippen LogP contribution in [0.25, 0.3) is 0 Å². The smallest absolute Gasteiger partial charge is 0.369 e. The Hall–Kier alpha value is -2.75. The van der Waals surface area contributed by atoms with Crippen LogP contribution in [0.4, 0.5) is 24.7 Å². The molecule has 1 aromatic carbocycles. The van der Waals surface area contributed by atoms with Gasteiger partial charge in [0.1, 0.15) is 5.82 Å². The molecule has 0 saturated carbocycles. The van der Waals surface area contributed by atoms with Gasteiger partial charge in [-0.3, -0.25) is 9.59 Å². The van der Waals surface area contributed by atoms with Gasteiger partial charge in [-0.25, -0.2) is 4.98 Å². The summed E-state index contributed by atoms with van der Waals surface area (Å²) in [6.45, 7) is 1.28. The molecule has 0 radical (unpaired) electrons. The molecule has 2 heterocycles. The molecular weight excluding hydrogens is 405 g/mol. The Morgan fingerprint density at radius 1 is 1.17 bits per heavy atom. The molecule has 1 fully saturated rings. The van der Waals surface area contributed by atoms with Crippen molar-refractivity contribution in [2.45, 2.75) is 23.2 Å². The van der Waals surface area contributed by atoms with Gasteiger partial charge < -0.3 is 16.0 Å². The number of rotatable bonds is 5. The third-order valence-electron chi connectivity index (χ3n) is 4.50. The quantitative estimate of drug-likeness (QED) is 0.716. The van der Waals surface area contributed by atoms with E-state index in [2.05, 4.69) is 10.3 Å². The van der Waals surface area contributed by atoms with E-state index in [-0.39, 0.29) is 34.0 Å². The summed E-state index contributed by atoms with van der Waals surface area (Å²) in [5, 5.41) is 2.66. The van der Waals surface area contributed by atoms with Gasteiger partial charge in [-0.1, -0.05) is 0 Å². The Kier molecular flexibility index (Phi) is 6.31. The summed E-state index contributed by atoms with van der Waals surface area (Å²) >= 11 is -0.233. The molecule has 3 N–H and O–H groups in total. The van der Waals surface area contributed by atoms with Crippen LogP contribution >= 0.6 is 11.8 Å². The molecule has 6 nitrogen and oxygen atoms in total. The lowest BCUT2D eigenvalue weighted by Gasteiger charge is -2.32. The van der Waals surface area contributed by atoms with Crippen molar-refractivity contribution in [3.63, 3.8) is 0 Å². The van der Waals surface area contributed by atoms with Gasteiger partial charge in [0.2, 0.25) is 5.91 Å². The number of nitrogens with two attached hydrogens (primary N) is 1. The van der Waals surface area contributed by atoms with Gasteiger partial charge in [0.05, 0.1) is 17.8 Å². The number of carbonyl (C=O) groups is 2. The molecule has 1 atom stereocenters. The number of primary amides is 1. The molecule has 1 aliphatic heterocycles. The van der Waals surface area contributed by atoms with Crippen molar-refractivity contribution in [3.05, 3.63) is 48.2 Å². The molecule has 1 aliphatic rings. The zero-order valence-corrected chi connectivity index (χ0v) is 16.1. The molecule has 0 bridgehead atoms. The Bertz CT molecular complexity index is 873. The Morgan fingerprint density at radius 3 is 2.48 bits per heavy atom. The lowest BCUT2D eigenvalue weighted by atomic mass is 9.97. The molecule has 154 valence electrons. The lowest BCUT2D eigenvalue weighted by molar-refractivity contribution is -0.122. The van der Waals surface area contributed by atoms with Crippen molar-refractivity contribution in [3.8, 4) is 0 Å². The van der Waals surface area contributed by atoms with Crippen molar-refractivity contribution < 1.29 is 22.8 Å². The molecule has 0 spiro atoms. The van der Waals surface area contributed by atoms with E-state index in [0.29, 0.717) is 18.1 Å². The molecule has 1 saturated heterocycles. The van der Waals surface area contributed by atoms with Crippen LogP contribution in [0.1, 0.15) is 23.2 Å². The van der Waals surface area contributed by atoms with Crippen LogP contribution < -0.4 is 16.0 Å². The molecule has 2 aromatic rings. The van der Waals surface area contributed by atoms with Crippen LogP contribution in [0, 0.1) is 5.92 Å². The minimum atomic E-state index is -4.37. The lowest BCUT2D eigenvalue weighted by Crippen LogP contribution is -2.41. The Balaban J connectivity index is 1.60. The number of anilines is 2. The normalized spacial score (nSPS) is 17.1. The highest BCUT2D eigenvalue weighted by atomic mass is 32.2. The largest absolute Gasteiger partial charge is 0.446 e. The Morgan fingerprint density at radius 2 is 1.90 bits per heavy atom. The molecule has 10 heteroatoms. The summed E-state index contributed by atoms with van der Waals surface area (Å²) < 4.78 is 37.1. The first-order valence-electron chi connectivity index (χ1n) is 8.89. The standard InChI is InChI=1S/C19H19F3N4O2S/c20-19(21,22)29-15-6-3-12(4-7-15)18(28)25-14-5-8-16(24-10-14)26-9-1-2-13(11-26)17(23)27/h3-8,10,13H,1-2,9,11H2,(H2,23,27)(H,25,28). The molecule has 3 rings (SSSR count). The Labute approximate surface area is 169 Å². The van der Waals surface area contributed by atoms with E-state index in [1.165, 1.54) is 30.5 Å². The fourth-order valence-corrected chi connectivity index (χ4v) is 3.62. The topological polar surface area (TPSA) is 88.3 Å². The molecule has 2 amide bonds. The van der Waals surface area contributed by atoms with E-state index >= 15 is 0 Å². The number of halogens is 3. The number of piperidine rings is 1. The number of thioether (sulfide) groups is 1. The zero-order chi connectivity index (χ0) is 21.0. The average Bonchev–Trinajstić information content (AvgIpc) is 2.68. The minimum Gasteiger partial charge on any atom is -0.369 e. The van der Waals surface area contributed by atoms with E-state index in [1.54, 1.807) is 12.1 Å². The van der Waals surface area contributed by atoms with E-state index in [0.717, 1.165) is 19.4 Å². The maximum atomic E-state index is 12.4. The number of aromatic nitrogens is 1. The highest BCUT2D eigenvalue weighted by Gasteiger charge is 2.29. The first-order chi connectivity index (χ1) is 13.7. The summed E-state index contributed by atoms with van der Waals surface area (Å²) in [5.41, 5.74) is 1.71. The maximum absolute atomic E-state index is 12.4. The van der Waals surface area contributed by atoms with Gasteiger partial charge >= 0.3 is 5.51 Å². The van der Waals surface area contributed by atoms with Gasteiger partial charge in [0.15, 0.2) is 0 Å². The van der Waals surface area contributed by atoms with E-state index in [1.807, 2.05) is 4.90 Å². The van der Waals surface area contributed by atoms with Crippen molar-refractivity contribution in [1.82, 2.24) is 4.98 Å². The fraction of sp³-hybridized carbons (Fsp3) is 0.316. The number of alkyl halides is 3. The van der Waals surface area contributed by atoms with Gasteiger partial charge in [0.25, 0.3) is 5.91 Å². The number of hydrogen-bond acceptors (Lipinski definition) is 5. The number of amides is 2. The fourth-order valence-electron chi connectivity index (χ4n) is 3.08.